The third-order valence-electron chi connectivity index (χ3n) is 2.00. The maximum absolute atomic E-state index is 10.5. The maximum Gasteiger partial charge on any atom is 0.311 e. The highest BCUT2D eigenvalue weighted by Gasteiger charge is 2.40. The second-order valence-electron chi connectivity index (χ2n) is 3.39. The van der Waals surface area contributed by atoms with E-state index in [1.54, 1.807) is 0 Å². The Morgan fingerprint density at radius 3 is 2.31 bits per heavy atom. The van der Waals surface area contributed by atoms with Crippen LogP contribution in [0.3, 0.4) is 0 Å². The smallest absolute Gasteiger partial charge is 0.311 e. The lowest BCUT2D eigenvalue weighted by Gasteiger charge is -2.36. The molecule has 0 unspecified atom stereocenters. The molecule has 1 fully saturated rings. The van der Waals surface area contributed by atoms with Crippen molar-refractivity contribution in [3.8, 4) is 0 Å². The Balaban J connectivity index is 2.51. The van der Waals surface area contributed by atoms with Crippen molar-refractivity contribution in [1.82, 2.24) is 0 Å². The molecular weight excluding hydrogens is 196 g/mol. The van der Waals surface area contributed by atoms with Gasteiger partial charge in [-0.3, -0.25) is 4.79 Å². The third kappa shape index (κ3) is 2.33. The summed E-state index contributed by atoms with van der Waals surface area (Å²) < 4.78 is 10.3. The summed E-state index contributed by atoms with van der Waals surface area (Å²) in [6.07, 6.45) is 0. The van der Waals surface area contributed by atoms with Gasteiger partial charge in [-0.05, 0) is 0 Å². The summed E-state index contributed by atoms with van der Waals surface area (Å²) in [7, 11) is 0. The zero-order chi connectivity index (χ0) is 10.1. The number of aliphatic carboxylic acids is 1. The summed E-state index contributed by atoms with van der Waals surface area (Å²) in [6, 6.07) is 0. The summed E-state index contributed by atoms with van der Waals surface area (Å²) in [6.45, 7) is 3.93. The van der Waals surface area contributed by atoms with E-state index in [9.17, 15) is 4.79 Å². The van der Waals surface area contributed by atoms with Gasteiger partial charge in [-0.25, -0.2) is 0 Å². The monoisotopic (exact) mass is 208 g/mol. The SMILES string of the molecule is CC(C)C1(Cl)OCC(C(=O)O)CO1. The highest BCUT2D eigenvalue weighted by molar-refractivity contribution is 6.22. The number of carboxylic acids is 1. The van der Waals surface area contributed by atoms with Crippen molar-refractivity contribution in [3.05, 3.63) is 0 Å². The van der Waals surface area contributed by atoms with Crippen molar-refractivity contribution in [2.75, 3.05) is 13.2 Å². The molecule has 1 rings (SSSR count). The molecule has 1 N–H and O–H groups in total. The zero-order valence-electron chi connectivity index (χ0n) is 7.62. The number of carbonyl (C=O) groups is 1. The number of alkyl halides is 1. The summed E-state index contributed by atoms with van der Waals surface area (Å²) >= 11 is 5.94. The van der Waals surface area contributed by atoms with Crippen LogP contribution in [0.15, 0.2) is 0 Å². The molecule has 0 radical (unpaired) electrons. The van der Waals surface area contributed by atoms with E-state index in [0.717, 1.165) is 0 Å². The first kappa shape index (κ1) is 10.8. The average molecular weight is 209 g/mol. The van der Waals surface area contributed by atoms with Gasteiger partial charge in [0.25, 0.3) is 5.25 Å². The Bertz CT molecular complexity index is 196. The number of halogens is 1. The molecule has 0 amide bonds. The Labute approximate surface area is 81.8 Å². The molecule has 1 aliphatic rings. The maximum atomic E-state index is 10.5. The molecule has 1 aliphatic heterocycles. The Kier molecular flexibility index (Phi) is 3.16. The minimum absolute atomic E-state index is 0.0103. The summed E-state index contributed by atoms with van der Waals surface area (Å²) in [5, 5.41) is 7.50. The van der Waals surface area contributed by atoms with E-state index in [2.05, 4.69) is 0 Å². The van der Waals surface area contributed by atoms with Crippen LogP contribution < -0.4 is 0 Å². The van der Waals surface area contributed by atoms with Gasteiger partial charge in [-0.15, -0.1) is 0 Å². The lowest BCUT2D eigenvalue weighted by molar-refractivity contribution is -0.251. The molecule has 0 aromatic carbocycles. The molecule has 0 bridgehead atoms. The van der Waals surface area contributed by atoms with Gasteiger partial charge in [-0.1, -0.05) is 25.4 Å². The van der Waals surface area contributed by atoms with Crippen molar-refractivity contribution in [2.24, 2.45) is 11.8 Å². The topological polar surface area (TPSA) is 55.8 Å². The molecule has 5 heteroatoms. The van der Waals surface area contributed by atoms with Gasteiger partial charge in [-0.2, -0.15) is 0 Å². The molecule has 0 aromatic rings. The van der Waals surface area contributed by atoms with Crippen LogP contribution in [-0.4, -0.2) is 29.5 Å². The van der Waals surface area contributed by atoms with E-state index in [4.69, 9.17) is 26.2 Å². The van der Waals surface area contributed by atoms with Crippen molar-refractivity contribution >= 4 is 17.6 Å². The van der Waals surface area contributed by atoms with Gasteiger partial charge in [0, 0.05) is 5.92 Å². The van der Waals surface area contributed by atoms with Gasteiger partial charge in [0.1, 0.15) is 5.92 Å². The van der Waals surface area contributed by atoms with E-state index < -0.39 is 17.1 Å². The minimum Gasteiger partial charge on any atom is -0.481 e. The standard InChI is InChI=1S/C8H13ClO4/c1-5(2)8(9)12-3-6(4-13-8)7(10)11/h5-6H,3-4H2,1-2H3,(H,10,11). The Morgan fingerprint density at radius 2 is 2.00 bits per heavy atom. The lowest BCUT2D eigenvalue weighted by atomic mass is 10.1. The van der Waals surface area contributed by atoms with Crippen LogP contribution in [0.4, 0.5) is 0 Å². The quantitative estimate of drug-likeness (QED) is 0.695. The first-order valence-corrected chi connectivity index (χ1v) is 4.53. The molecule has 0 atom stereocenters. The first-order chi connectivity index (χ1) is 5.96. The number of hydrogen-bond acceptors (Lipinski definition) is 3. The average Bonchev–Trinajstić information content (AvgIpc) is 2.04. The van der Waals surface area contributed by atoms with Crippen LogP contribution in [0, 0.1) is 11.8 Å². The van der Waals surface area contributed by atoms with Gasteiger partial charge < -0.3 is 14.6 Å². The van der Waals surface area contributed by atoms with Crippen LogP contribution in [0.1, 0.15) is 13.8 Å². The van der Waals surface area contributed by atoms with Crippen molar-refractivity contribution in [2.45, 2.75) is 19.1 Å². The molecule has 1 saturated heterocycles. The molecule has 0 aliphatic carbocycles. The molecule has 0 saturated carbocycles. The minimum atomic E-state index is -1.15. The lowest BCUT2D eigenvalue weighted by Crippen LogP contribution is -2.45. The first-order valence-electron chi connectivity index (χ1n) is 4.15. The van der Waals surface area contributed by atoms with Crippen molar-refractivity contribution in [1.29, 1.82) is 0 Å². The summed E-state index contributed by atoms with van der Waals surface area (Å²) in [4.78, 5) is 10.5. The molecule has 4 nitrogen and oxygen atoms in total. The fraction of sp³-hybridized carbons (Fsp3) is 0.875. The summed E-state index contributed by atoms with van der Waals surface area (Å²) in [5.41, 5.74) is 0. The van der Waals surface area contributed by atoms with Crippen molar-refractivity contribution < 1.29 is 19.4 Å². The van der Waals surface area contributed by atoms with E-state index in [0.29, 0.717) is 0 Å². The van der Waals surface area contributed by atoms with Crippen LogP contribution >= 0.6 is 11.6 Å². The van der Waals surface area contributed by atoms with Gasteiger partial charge >= 0.3 is 5.97 Å². The summed E-state index contributed by atoms with van der Waals surface area (Å²) in [5.74, 6) is -1.53. The van der Waals surface area contributed by atoms with Gasteiger partial charge in [0.15, 0.2) is 0 Å². The van der Waals surface area contributed by atoms with E-state index in [1.807, 2.05) is 13.8 Å². The largest absolute Gasteiger partial charge is 0.481 e. The number of rotatable bonds is 2. The molecule has 0 spiro atoms. The fourth-order valence-corrected chi connectivity index (χ4v) is 1.12. The number of hydrogen-bond donors (Lipinski definition) is 1. The predicted molar refractivity (Wildman–Crippen MR) is 46.5 cm³/mol. The highest BCUT2D eigenvalue weighted by Crippen LogP contribution is 2.32. The second kappa shape index (κ2) is 3.82. The van der Waals surface area contributed by atoms with Crippen LogP contribution in [-0.2, 0) is 14.3 Å². The zero-order valence-corrected chi connectivity index (χ0v) is 8.37. The third-order valence-corrected chi connectivity index (χ3v) is 2.66. The molecular formula is C8H13ClO4. The predicted octanol–water partition coefficient (Wildman–Crippen LogP) is 1.28. The Hall–Kier alpha value is -0.320. The molecule has 13 heavy (non-hydrogen) atoms. The van der Waals surface area contributed by atoms with Gasteiger partial charge in [0.05, 0.1) is 13.2 Å². The van der Waals surface area contributed by atoms with Crippen LogP contribution in [0.25, 0.3) is 0 Å². The second-order valence-corrected chi connectivity index (χ2v) is 3.92. The number of ether oxygens (including phenoxy) is 2. The van der Waals surface area contributed by atoms with Gasteiger partial charge in [0.2, 0.25) is 0 Å². The molecule has 0 aromatic heterocycles. The Morgan fingerprint density at radius 1 is 1.54 bits per heavy atom. The van der Waals surface area contributed by atoms with Crippen LogP contribution in [0.5, 0.6) is 0 Å². The van der Waals surface area contributed by atoms with E-state index >= 15 is 0 Å². The highest BCUT2D eigenvalue weighted by atomic mass is 35.5. The molecule has 76 valence electrons. The van der Waals surface area contributed by atoms with Crippen molar-refractivity contribution in [3.63, 3.8) is 0 Å². The molecule has 1 heterocycles. The fourth-order valence-electron chi connectivity index (χ4n) is 0.994. The normalized spacial score (nSPS) is 34.9. The van der Waals surface area contributed by atoms with Crippen LogP contribution in [0.2, 0.25) is 0 Å². The van der Waals surface area contributed by atoms with E-state index in [1.165, 1.54) is 0 Å². The van der Waals surface area contributed by atoms with E-state index in [-0.39, 0.29) is 19.1 Å². The number of carboxylic acid groups (broad SMARTS) is 1.